The fourth-order valence-corrected chi connectivity index (χ4v) is 2.11. The molecule has 0 aliphatic rings. The van der Waals surface area contributed by atoms with Crippen LogP contribution in [0.3, 0.4) is 0 Å². The standard InChI is InChI=1S/C19H21NO4/c1-13(2)10-11-24-17-9-4-3-8-16(17)18(21)20-15-7-5-6-14(12-15)19(22)23/h3-9,12-13H,10-11H2,1-2H3,(H,20,21)(H,22,23). The third kappa shape index (κ3) is 4.84. The van der Waals surface area contributed by atoms with Crippen LogP contribution in [0.2, 0.25) is 0 Å². The molecule has 0 aliphatic carbocycles. The normalized spacial score (nSPS) is 10.5. The highest BCUT2D eigenvalue weighted by molar-refractivity contribution is 6.06. The predicted octanol–water partition coefficient (Wildman–Crippen LogP) is 4.06. The first-order chi connectivity index (χ1) is 11.5. The van der Waals surface area contributed by atoms with Crippen molar-refractivity contribution in [1.29, 1.82) is 0 Å². The molecule has 2 rings (SSSR count). The molecule has 0 aromatic heterocycles. The van der Waals surface area contributed by atoms with E-state index < -0.39 is 5.97 Å². The molecule has 0 radical (unpaired) electrons. The van der Waals surface area contributed by atoms with Crippen LogP contribution in [0, 0.1) is 5.92 Å². The average molecular weight is 327 g/mol. The van der Waals surface area contributed by atoms with E-state index in [4.69, 9.17) is 9.84 Å². The molecule has 0 aliphatic heterocycles. The second kappa shape index (κ2) is 8.15. The molecule has 0 bridgehead atoms. The molecule has 0 fully saturated rings. The molecule has 126 valence electrons. The summed E-state index contributed by atoms with van der Waals surface area (Å²) in [5.74, 6) is -0.337. The van der Waals surface area contributed by atoms with E-state index in [0.717, 1.165) is 6.42 Å². The van der Waals surface area contributed by atoms with Crippen molar-refractivity contribution >= 4 is 17.6 Å². The van der Waals surface area contributed by atoms with E-state index in [2.05, 4.69) is 19.2 Å². The summed E-state index contributed by atoms with van der Waals surface area (Å²) in [6.45, 7) is 4.76. The third-order valence-electron chi connectivity index (χ3n) is 3.45. The van der Waals surface area contributed by atoms with Crippen molar-refractivity contribution in [3.63, 3.8) is 0 Å². The maximum absolute atomic E-state index is 12.5. The van der Waals surface area contributed by atoms with Gasteiger partial charge in [-0.2, -0.15) is 0 Å². The molecule has 1 amide bonds. The minimum absolute atomic E-state index is 0.120. The topological polar surface area (TPSA) is 75.6 Å². The molecule has 0 unspecified atom stereocenters. The molecule has 5 heteroatoms. The quantitative estimate of drug-likeness (QED) is 0.804. The number of para-hydroxylation sites is 1. The zero-order chi connectivity index (χ0) is 17.5. The lowest BCUT2D eigenvalue weighted by Gasteiger charge is -2.13. The number of anilines is 1. The van der Waals surface area contributed by atoms with Crippen molar-refractivity contribution in [1.82, 2.24) is 0 Å². The Morgan fingerprint density at radius 1 is 1.12 bits per heavy atom. The van der Waals surface area contributed by atoms with E-state index >= 15 is 0 Å². The molecule has 0 saturated carbocycles. The van der Waals surface area contributed by atoms with E-state index in [1.165, 1.54) is 12.1 Å². The Kier molecular flexibility index (Phi) is 5.95. The minimum Gasteiger partial charge on any atom is -0.493 e. The van der Waals surface area contributed by atoms with Gasteiger partial charge in [0.05, 0.1) is 17.7 Å². The molecule has 24 heavy (non-hydrogen) atoms. The minimum atomic E-state index is -1.04. The summed E-state index contributed by atoms with van der Waals surface area (Å²) in [5.41, 5.74) is 0.966. The first-order valence-electron chi connectivity index (χ1n) is 7.84. The largest absolute Gasteiger partial charge is 0.493 e. The Labute approximate surface area is 141 Å². The number of carbonyl (C=O) groups excluding carboxylic acids is 1. The van der Waals surface area contributed by atoms with E-state index in [1.807, 2.05) is 6.07 Å². The van der Waals surface area contributed by atoms with Crippen LogP contribution in [0.25, 0.3) is 0 Å². The maximum atomic E-state index is 12.5. The van der Waals surface area contributed by atoms with Crippen LogP contribution < -0.4 is 10.1 Å². The molecule has 2 aromatic rings. The number of carboxylic acids is 1. The van der Waals surface area contributed by atoms with Crippen molar-refractivity contribution in [2.45, 2.75) is 20.3 Å². The summed E-state index contributed by atoms with van der Waals surface area (Å²) in [5, 5.41) is 11.7. The zero-order valence-electron chi connectivity index (χ0n) is 13.8. The number of hydrogen-bond acceptors (Lipinski definition) is 3. The maximum Gasteiger partial charge on any atom is 0.335 e. The number of hydrogen-bond donors (Lipinski definition) is 2. The second-order valence-electron chi connectivity index (χ2n) is 5.87. The molecule has 5 nitrogen and oxygen atoms in total. The van der Waals surface area contributed by atoms with Crippen LogP contribution in [-0.4, -0.2) is 23.6 Å². The Hall–Kier alpha value is -2.82. The highest BCUT2D eigenvalue weighted by Gasteiger charge is 2.13. The summed E-state index contributed by atoms with van der Waals surface area (Å²) < 4.78 is 5.71. The monoisotopic (exact) mass is 327 g/mol. The fourth-order valence-electron chi connectivity index (χ4n) is 2.11. The number of aromatic carboxylic acids is 1. The predicted molar refractivity (Wildman–Crippen MR) is 92.7 cm³/mol. The van der Waals surface area contributed by atoms with Gasteiger partial charge in [0, 0.05) is 5.69 Å². The summed E-state index contributed by atoms with van der Waals surface area (Å²) in [7, 11) is 0. The van der Waals surface area contributed by atoms with Gasteiger partial charge in [-0.25, -0.2) is 4.79 Å². The SMILES string of the molecule is CC(C)CCOc1ccccc1C(=O)Nc1cccc(C(=O)O)c1. The van der Waals surface area contributed by atoms with Crippen molar-refractivity contribution in [3.8, 4) is 5.75 Å². The van der Waals surface area contributed by atoms with Gasteiger partial charge in [-0.3, -0.25) is 4.79 Å². The average Bonchev–Trinajstić information content (AvgIpc) is 2.55. The van der Waals surface area contributed by atoms with Crippen LogP contribution in [0.15, 0.2) is 48.5 Å². The van der Waals surface area contributed by atoms with Gasteiger partial charge in [0.2, 0.25) is 0 Å². The Balaban J connectivity index is 2.12. The van der Waals surface area contributed by atoms with Gasteiger partial charge in [-0.05, 0) is 42.7 Å². The number of amides is 1. The van der Waals surface area contributed by atoms with Gasteiger partial charge in [0.15, 0.2) is 0 Å². The first-order valence-corrected chi connectivity index (χ1v) is 7.84. The van der Waals surface area contributed by atoms with Crippen LogP contribution in [-0.2, 0) is 0 Å². The van der Waals surface area contributed by atoms with Crippen molar-refractivity contribution in [2.75, 3.05) is 11.9 Å². The Morgan fingerprint density at radius 3 is 2.58 bits per heavy atom. The van der Waals surface area contributed by atoms with Crippen LogP contribution in [0.1, 0.15) is 41.0 Å². The smallest absolute Gasteiger partial charge is 0.335 e. The lowest BCUT2D eigenvalue weighted by Crippen LogP contribution is -2.14. The summed E-state index contributed by atoms with van der Waals surface area (Å²) in [6, 6.07) is 13.1. The van der Waals surface area contributed by atoms with Gasteiger partial charge in [-0.15, -0.1) is 0 Å². The third-order valence-corrected chi connectivity index (χ3v) is 3.45. The van der Waals surface area contributed by atoms with E-state index in [0.29, 0.717) is 29.5 Å². The lowest BCUT2D eigenvalue weighted by atomic mass is 10.1. The van der Waals surface area contributed by atoms with Gasteiger partial charge in [-0.1, -0.05) is 32.0 Å². The highest BCUT2D eigenvalue weighted by Crippen LogP contribution is 2.21. The lowest BCUT2D eigenvalue weighted by molar-refractivity contribution is 0.0696. The van der Waals surface area contributed by atoms with Gasteiger partial charge in [0.25, 0.3) is 5.91 Å². The van der Waals surface area contributed by atoms with Crippen molar-refractivity contribution in [3.05, 3.63) is 59.7 Å². The fraction of sp³-hybridized carbons (Fsp3) is 0.263. The van der Waals surface area contributed by atoms with Crippen LogP contribution in [0.5, 0.6) is 5.75 Å². The van der Waals surface area contributed by atoms with Gasteiger partial charge < -0.3 is 15.2 Å². The number of ether oxygens (including phenoxy) is 1. The number of nitrogens with one attached hydrogen (secondary N) is 1. The number of carbonyl (C=O) groups is 2. The number of carboxylic acid groups (broad SMARTS) is 1. The Morgan fingerprint density at radius 2 is 1.88 bits per heavy atom. The number of benzene rings is 2. The molecule has 2 aromatic carbocycles. The molecule has 2 N–H and O–H groups in total. The molecule has 0 saturated heterocycles. The van der Waals surface area contributed by atoms with E-state index in [-0.39, 0.29) is 11.5 Å². The van der Waals surface area contributed by atoms with E-state index in [1.54, 1.807) is 30.3 Å². The number of rotatable bonds is 7. The second-order valence-corrected chi connectivity index (χ2v) is 5.87. The molecule has 0 spiro atoms. The van der Waals surface area contributed by atoms with Crippen LogP contribution in [0.4, 0.5) is 5.69 Å². The Bertz CT molecular complexity index is 725. The summed E-state index contributed by atoms with van der Waals surface area (Å²) in [6.07, 6.45) is 0.899. The van der Waals surface area contributed by atoms with Crippen molar-refractivity contribution < 1.29 is 19.4 Å². The van der Waals surface area contributed by atoms with Crippen molar-refractivity contribution in [2.24, 2.45) is 5.92 Å². The zero-order valence-corrected chi connectivity index (χ0v) is 13.8. The van der Waals surface area contributed by atoms with E-state index in [9.17, 15) is 9.59 Å². The molecule has 0 heterocycles. The molecular formula is C19H21NO4. The van der Waals surface area contributed by atoms with Gasteiger partial charge >= 0.3 is 5.97 Å². The molecule has 0 atom stereocenters. The summed E-state index contributed by atoms with van der Waals surface area (Å²) in [4.78, 5) is 23.5. The van der Waals surface area contributed by atoms with Gasteiger partial charge in [0.1, 0.15) is 5.75 Å². The molecular weight excluding hydrogens is 306 g/mol. The summed E-state index contributed by atoms with van der Waals surface area (Å²) >= 11 is 0. The van der Waals surface area contributed by atoms with Crippen LogP contribution >= 0.6 is 0 Å². The highest BCUT2D eigenvalue weighted by atomic mass is 16.5. The first kappa shape index (κ1) is 17.5.